The molecule has 0 spiro atoms. The Balaban J connectivity index is 2.50. The molecule has 1 amide bonds. The van der Waals surface area contributed by atoms with Crippen LogP contribution < -0.4 is 15.8 Å². The third-order valence-electron chi connectivity index (χ3n) is 2.84. The van der Waals surface area contributed by atoms with Gasteiger partial charge >= 0.3 is 0 Å². The Kier molecular flexibility index (Phi) is 4.73. The van der Waals surface area contributed by atoms with Crippen molar-refractivity contribution in [2.75, 3.05) is 13.2 Å². The van der Waals surface area contributed by atoms with Gasteiger partial charge in [-0.2, -0.15) is 0 Å². The average Bonchev–Trinajstić information content (AvgIpc) is 2.30. The molecule has 0 aliphatic carbocycles. The maximum Gasteiger partial charge on any atom is 0.258 e. The number of carbonyl (C=O) groups is 1. The topological polar surface area (TPSA) is 64.3 Å². The molecule has 4 nitrogen and oxygen atoms in total. The monoisotopic (exact) mass is 250 g/mol. The van der Waals surface area contributed by atoms with Crippen LogP contribution in [0.1, 0.15) is 25.0 Å². The summed E-state index contributed by atoms with van der Waals surface area (Å²) in [4.78, 5) is 11.7. The number of aryl methyl sites for hydroxylation is 2. The number of nitrogens with two attached hydrogens (primary N) is 1. The Morgan fingerprint density at radius 1 is 1.33 bits per heavy atom. The predicted molar refractivity (Wildman–Crippen MR) is 72.7 cm³/mol. The van der Waals surface area contributed by atoms with Gasteiger partial charge in [0.05, 0.1) is 0 Å². The van der Waals surface area contributed by atoms with Crippen LogP contribution in [0.5, 0.6) is 5.75 Å². The van der Waals surface area contributed by atoms with E-state index < -0.39 is 5.54 Å². The second kappa shape index (κ2) is 5.87. The first-order valence-corrected chi connectivity index (χ1v) is 6.05. The maximum atomic E-state index is 11.7. The molecule has 100 valence electrons. The zero-order valence-electron chi connectivity index (χ0n) is 11.5. The Labute approximate surface area is 109 Å². The highest BCUT2D eigenvalue weighted by Gasteiger charge is 2.18. The molecule has 0 aliphatic rings. The van der Waals surface area contributed by atoms with E-state index in [1.807, 2.05) is 45.9 Å². The maximum absolute atomic E-state index is 11.7. The lowest BCUT2D eigenvalue weighted by Crippen LogP contribution is -2.50. The lowest BCUT2D eigenvalue weighted by Gasteiger charge is -2.24. The highest BCUT2D eigenvalue weighted by molar-refractivity contribution is 5.78. The molecule has 0 fully saturated rings. The van der Waals surface area contributed by atoms with E-state index in [1.165, 1.54) is 5.56 Å². The highest BCUT2D eigenvalue weighted by Crippen LogP contribution is 2.16. The van der Waals surface area contributed by atoms with E-state index in [9.17, 15) is 4.79 Å². The fourth-order valence-corrected chi connectivity index (χ4v) is 1.42. The second-order valence-electron chi connectivity index (χ2n) is 5.17. The number of rotatable bonds is 5. The van der Waals surface area contributed by atoms with Crippen LogP contribution in [0, 0.1) is 13.8 Å². The minimum absolute atomic E-state index is 0.00588. The van der Waals surface area contributed by atoms with Crippen molar-refractivity contribution < 1.29 is 9.53 Å². The van der Waals surface area contributed by atoms with Crippen LogP contribution in [0.3, 0.4) is 0 Å². The number of hydrogen-bond acceptors (Lipinski definition) is 3. The summed E-state index contributed by atoms with van der Waals surface area (Å²) < 4.78 is 5.44. The lowest BCUT2D eigenvalue weighted by molar-refractivity contribution is -0.124. The first-order valence-electron chi connectivity index (χ1n) is 6.05. The van der Waals surface area contributed by atoms with Gasteiger partial charge < -0.3 is 15.8 Å². The van der Waals surface area contributed by atoms with Gasteiger partial charge in [-0.15, -0.1) is 0 Å². The van der Waals surface area contributed by atoms with Gasteiger partial charge in [0.1, 0.15) is 5.75 Å². The molecule has 0 bridgehead atoms. The molecule has 0 saturated carbocycles. The largest absolute Gasteiger partial charge is 0.484 e. The van der Waals surface area contributed by atoms with Gasteiger partial charge in [0, 0.05) is 12.1 Å². The molecule has 18 heavy (non-hydrogen) atoms. The minimum atomic E-state index is -0.399. The number of benzene rings is 1. The first-order chi connectivity index (χ1) is 8.34. The van der Waals surface area contributed by atoms with Crippen molar-refractivity contribution in [1.82, 2.24) is 5.32 Å². The van der Waals surface area contributed by atoms with Crippen LogP contribution in [0.4, 0.5) is 0 Å². The molecule has 3 N–H and O–H groups in total. The molecule has 0 aliphatic heterocycles. The summed E-state index contributed by atoms with van der Waals surface area (Å²) in [6.45, 7) is 8.20. The van der Waals surface area contributed by atoms with E-state index in [-0.39, 0.29) is 12.5 Å². The van der Waals surface area contributed by atoms with Crippen molar-refractivity contribution in [3.05, 3.63) is 29.3 Å². The van der Waals surface area contributed by atoms with Crippen LogP contribution in [-0.2, 0) is 4.79 Å². The van der Waals surface area contributed by atoms with Crippen molar-refractivity contribution in [2.45, 2.75) is 33.2 Å². The zero-order chi connectivity index (χ0) is 13.8. The predicted octanol–water partition coefficient (Wildman–Crippen LogP) is 1.54. The van der Waals surface area contributed by atoms with Gasteiger partial charge in [-0.1, -0.05) is 6.07 Å². The van der Waals surface area contributed by atoms with Gasteiger partial charge in [-0.3, -0.25) is 4.79 Å². The molecule has 1 rings (SSSR count). The molecule has 0 atom stereocenters. The Morgan fingerprint density at radius 2 is 2.00 bits per heavy atom. The van der Waals surface area contributed by atoms with E-state index in [0.717, 1.165) is 5.56 Å². The first kappa shape index (κ1) is 14.5. The molecular formula is C14H22N2O2. The molecule has 1 aromatic rings. The van der Waals surface area contributed by atoms with Gasteiger partial charge in [0.25, 0.3) is 5.91 Å². The summed E-state index contributed by atoms with van der Waals surface area (Å²) in [6.07, 6.45) is 0. The van der Waals surface area contributed by atoms with Crippen molar-refractivity contribution in [3.8, 4) is 5.75 Å². The molecule has 1 aromatic carbocycles. The van der Waals surface area contributed by atoms with E-state index in [2.05, 4.69) is 5.32 Å². The van der Waals surface area contributed by atoms with Crippen LogP contribution >= 0.6 is 0 Å². The third kappa shape index (κ3) is 4.37. The van der Waals surface area contributed by atoms with Crippen molar-refractivity contribution in [2.24, 2.45) is 5.73 Å². The molecule has 0 radical (unpaired) electrons. The van der Waals surface area contributed by atoms with E-state index in [1.54, 1.807) is 0 Å². The van der Waals surface area contributed by atoms with Crippen LogP contribution in [-0.4, -0.2) is 24.6 Å². The standard InChI is InChI=1S/C14H22N2O2/c1-10-5-6-12(7-11(10)2)18-8-13(17)16-14(3,4)9-15/h5-7H,8-9,15H2,1-4H3,(H,16,17). The van der Waals surface area contributed by atoms with Gasteiger partial charge in [0.2, 0.25) is 0 Å². The average molecular weight is 250 g/mol. The van der Waals surface area contributed by atoms with Gasteiger partial charge in [-0.25, -0.2) is 0 Å². The quantitative estimate of drug-likeness (QED) is 0.833. The fraction of sp³-hybridized carbons (Fsp3) is 0.500. The zero-order valence-corrected chi connectivity index (χ0v) is 11.5. The Hall–Kier alpha value is -1.55. The molecule has 0 unspecified atom stereocenters. The van der Waals surface area contributed by atoms with E-state index in [4.69, 9.17) is 10.5 Å². The number of carbonyl (C=O) groups excluding carboxylic acids is 1. The number of hydrogen-bond donors (Lipinski definition) is 2. The summed E-state index contributed by atoms with van der Waals surface area (Å²) in [7, 11) is 0. The van der Waals surface area contributed by atoms with Crippen LogP contribution in [0.15, 0.2) is 18.2 Å². The summed E-state index contributed by atoms with van der Waals surface area (Å²) in [5.41, 5.74) is 7.50. The molecule has 0 saturated heterocycles. The second-order valence-corrected chi connectivity index (χ2v) is 5.17. The smallest absolute Gasteiger partial charge is 0.258 e. The SMILES string of the molecule is Cc1ccc(OCC(=O)NC(C)(C)CN)cc1C. The van der Waals surface area contributed by atoms with Gasteiger partial charge in [0.15, 0.2) is 6.61 Å². The normalized spacial score (nSPS) is 11.2. The summed E-state index contributed by atoms with van der Waals surface area (Å²) in [5, 5.41) is 2.81. The molecule has 0 heterocycles. The van der Waals surface area contributed by atoms with Crippen molar-refractivity contribution >= 4 is 5.91 Å². The van der Waals surface area contributed by atoms with E-state index >= 15 is 0 Å². The number of nitrogens with one attached hydrogen (secondary N) is 1. The van der Waals surface area contributed by atoms with Gasteiger partial charge in [-0.05, 0) is 51.0 Å². The minimum Gasteiger partial charge on any atom is -0.484 e. The van der Waals surface area contributed by atoms with Crippen LogP contribution in [0.2, 0.25) is 0 Å². The van der Waals surface area contributed by atoms with Crippen molar-refractivity contribution in [1.29, 1.82) is 0 Å². The van der Waals surface area contributed by atoms with Crippen LogP contribution in [0.25, 0.3) is 0 Å². The fourth-order valence-electron chi connectivity index (χ4n) is 1.42. The highest BCUT2D eigenvalue weighted by atomic mass is 16.5. The Bertz CT molecular complexity index is 428. The lowest BCUT2D eigenvalue weighted by atomic mass is 10.1. The molecule has 0 aromatic heterocycles. The number of ether oxygens (including phenoxy) is 1. The van der Waals surface area contributed by atoms with Crippen molar-refractivity contribution in [3.63, 3.8) is 0 Å². The summed E-state index contributed by atoms with van der Waals surface area (Å²) in [5.74, 6) is 0.544. The number of amides is 1. The molecule has 4 heteroatoms. The third-order valence-corrected chi connectivity index (χ3v) is 2.84. The summed E-state index contributed by atoms with van der Waals surface area (Å²) >= 11 is 0. The Morgan fingerprint density at radius 3 is 2.56 bits per heavy atom. The summed E-state index contributed by atoms with van der Waals surface area (Å²) in [6, 6.07) is 5.77. The van der Waals surface area contributed by atoms with E-state index in [0.29, 0.717) is 12.3 Å². The molecular weight excluding hydrogens is 228 g/mol.